The molecule has 0 aromatic heterocycles. The first-order valence-corrected chi connectivity index (χ1v) is 8.04. The van der Waals surface area contributed by atoms with Crippen LogP contribution in [0.15, 0.2) is 30.3 Å². The second-order valence-electron chi connectivity index (χ2n) is 6.33. The number of benzene rings is 1. The van der Waals surface area contributed by atoms with E-state index in [1.165, 1.54) is 0 Å². The molecule has 0 bridgehead atoms. The summed E-state index contributed by atoms with van der Waals surface area (Å²) in [7, 11) is 0. The normalized spacial score (nSPS) is 23.7. The molecule has 0 spiro atoms. The second-order valence-corrected chi connectivity index (χ2v) is 6.33. The molecule has 1 saturated heterocycles. The Hall–Kier alpha value is -1.88. The largest absolute Gasteiger partial charge is 0.369 e. The monoisotopic (exact) mass is 301 g/mol. The highest BCUT2D eigenvalue weighted by molar-refractivity contribution is 5.84. The van der Waals surface area contributed by atoms with Gasteiger partial charge in [0.25, 0.3) is 0 Å². The molecule has 2 fully saturated rings. The average Bonchev–Trinajstić information content (AvgIpc) is 3.33. The number of nitrogens with one attached hydrogen (secondary N) is 1. The quantitative estimate of drug-likeness (QED) is 0.858. The molecule has 22 heavy (non-hydrogen) atoms. The Morgan fingerprint density at radius 2 is 1.91 bits per heavy atom. The minimum atomic E-state index is -0.330. The first kappa shape index (κ1) is 15.0. The standard InChI is InChI=1S/C17H23N3O2/c18-16(21)13-7-4-10-20(11-13)15(12-5-2-1-3-6-12)17(22)19-14-8-9-14/h1-3,5-6,13-15H,4,7-11H2,(H2,18,21)(H,19,22)/t13-,15+/m0/s1. The molecule has 1 aliphatic carbocycles. The minimum absolute atomic E-state index is 0.0406. The van der Waals surface area contributed by atoms with Crippen LogP contribution in [0.4, 0.5) is 0 Å². The van der Waals surface area contributed by atoms with E-state index in [9.17, 15) is 9.59 Å². The van der Waals surface area contributed by atoms with Crippen molar-refractivity contribution in [1.82, 2.24) is 10.2 Å². The van der Waals surface area contributed by atoms with Crippen molar-refractivity contribution in [3.8, 4) is 0 Å². The maximum Gasteiger partial charge on any atom is 0.242 e. The molecule has 5 nitrogen and oxygen atoms in total. The smallest absolute Gasteiger partial charge is 0.242 e. The predicted molar refractivity (Wildman–Crippen MR) is 83.8 cm³/mol. The zero-order chi connectivity index (χ0) is 15.5. The van der Waals surface area contributed by atoms with E-state index in [0.717, 1.165) is 37.8 Å². The summed E-state index contributed by atoms with van der Waals surface area (Å²) in [5, 5.41) is 3.10. The van der Waals surface area contributed by atoms with Crippen molar-refractivity contribution in [3.05, 3.63) is 35.9 Å². The van der Waals surface area contributed by atoms with Crippen LogP contribution < -0.4 is 11.1 Å². The Morgan fingerprint density at radius 1 is 1.18 bits per heavy atom. The van der Waals surface area contributed by atoms with Crippen molar-refractivity contribution in [3.63, 3.8) is 0 Å². The number of hydrogen-bond donors (Lipinski definition) is 2. The number of rotatable bonds is 5. The van der Waals surface area contributed by atoms with E-state index < -0.39 is 0 Å². The summed E-state index contributed by atoms with van der Waals surface area (Å²) < 4.78 is 0. The van der Waals surface area contributed by atoms with Gasteiger partial charge in [-0.15, -0.1) is 0 Å². The molecular weight excluding hydrogens is 278 g/mol. The molecule has 1 aromatic rings. The number of nitrogens with two attached hydrogens (primary N) is 1. The Morgan fingerprint density at radius 3 is 2.55 bits per heavy atom. The second kappa shape index (κ2) is 6.48. The Balaban J connectivity index is 1.80. The van der Waals surface area contributed by atoms with Crippen LogP contribution >= 0.6 is 0 Å². The lowest BCUT2D eigenvalue weighted by Gasteiger charge is -2.36. The maximum atomic E-state index is 12.7. The molecule has 0 radical (unpaired) electrons. The summed E-state index contributed by atoms with van der Waals surface area (Å²) in [4.78, 5) is 26.3. The van der Waals surface area contributed by atoms with E-state index in [4.69, 9.17) is 5.73 Å². The van der Waals surface area contributed by atoms with Crippen molar-refractivity contribution in [2.24, 2.45) is 11.7 Å². The first-order chi connectivity index (χ1) is 10.6. The number of carbonyl (C=O) groups excluding carboxylic acids is 2. The van der Waals surface area contributed by atoms with Crippen LogP contribution in [0.2, 0.25) is 0 Å². The number of hydrogen-bond acceptors (Lipinski definition) is 3. The molecule has 3 rings (SSSR count). The van der Waals surface area contributed by atoms with E-state index in [1.807, 2.05) is 30.3 Å². The summed E-state index contributed by atoms with van der Waals surface area (Å²) in [6.45, 7) is 1.38. The number of nitrogens with zero attached hydrogens (tertiary/aromatic N) is 1. The Labute approximate surface area is 130 Å². The van der Waals surface area contributed by atoms with Gasteiger partial charge in [-0.2, -0.15) is 0 Å². The van der Waals surface area contributed by atoms with Gasteiger partial charge in [-0.3, -0.25) is 14.5 Å². The van der Waals surface area contributed by atoms with Crippen molar-refractivity contribution >= 4 is 11.8 Å². The summed E-state index contributed by atoms with van der Waals surface area (Å²) in [6.07, 6.45) is 3.85. The van der Waals surface area contributed by atoms with E-state index in [0.29, 0.717) is 12.6 Å². The van der Waals surface area contributed by atoms with Crippen molar-refractivity contribution in [1.29, 1.82) is 0 Å². The fourth-order valence-electron chi connectivity index (χ4n) is 3.14. The average molecular weight is 301 g/mol. The van der Waals surface area contributed by atoms with Crippen LogP contribution in [-0.2, 0) is 9.59 Å². The molecule has 1 saturated carbocycles. The van der Waals surface area contributed by atoms with Gasteiger partial charge >= 0.3 is 0 Å². The van der Waals surface area contributed by atoms with Crippen molar-refractivity contribution < 1.29 is 9.59 Å². The highest BCUT2D eigenvalue weighted by Crippen LogP contribution is 2.29. The lowest BCUT2D eigenvalue weighted by molar-refractivity contribution is -0.130. The molecule has 3 N–H and O–H groups in total. The highest BCUT2D eigenvalue weighted by atomic mass is 16.2. The van der Waals surface area contributed by atoms with Gasteiger partial charge in [-0.1, -0.05) is 30.3 Å². The molecule has 5 heteroatoms. The van der Waals surface area contributed by atoms with E-state index >= 15 is 0 Å². The molecule has 118 valence electrons. The fourth-order valence-corrected chi connectivity index (χ4v) is 3.14. The van der Waals surface area contributed by atoms with Crippen LogP contribution in [0.3, 0.4) is 0 Å². The van der Waals surface area contributed by atoms with Crippen LogP contribution in [0.1, 0.15) is 37.3 Å². The number of likely N-dealkylation sites (tertiary alicyclic amines) is 1. The van der Waals surface area contributed by atoms with Crippen molar-refractivity contribution in [2.45, 2.75) is 37.8 Å². The van der Waals surface area contributed by atoms with Crippen LogP contribution in [0.5, 0.6) is 0 Å². The first-order valence-electron chi connectivity index (χ1n) is 8.04. The zero-order valence-corrected chi connectivity index (χ0v) is 12.7. The fraction of sp³-hybridized carbons (Fsp3) is 0.529. The van der Waals surface area contributed by atoms with Gasteiger partial charge in [0, 0.05) is 12.6 Å². The number of amides is 2. The SMILES string of the molecule is NC(=O)[C@H]1CCCN([C@@H](C(=O)NC2CC2)c2ccccc2)C1. The Kier molecular flexibility index (Phi) is 4.43. The van der Waals surface area contributed by atoms with E-state index in [1.54, 1.807) is 0 Å². The lowest BCUT2D eigenvalue weighted by atomic mass is 9.94. The summed E-state index contributed by atoms with van der Waals surface area (Å²) in [5.41, 5.74) is 6.45. The summed E-state index contributed by atoms with van der Waals surface area (Å²) >= 11 is 0. The number of piperidine rings is 1. The van der Waals surface area contributed by atoms with Gasteiger partial charge in [0.1, 0.15) is 6.04 Å². The Bertz CT molecular complexity index is 542. The third kappa shape index (κ3) is 3.47. The molecule has 1 aromatic carbocycles. The molecular formula is C17H23N3O2. The third-order valence-corrected chi connectivity index (χ3v) is 4.51. The molecule has 1 heterocycles. The number of primary amides is 1. The van der Waals surface area contributed by atoms with Crippen LogP contribution in [0.25, 0.3) is 0 Å². The lowest BCUT2D eigenvalue weighted by Crippen LogP contribution is -2.47. The highest BCUT2D eigenvalue weighted by Gasteiger charge is 2.35. The van der Waals surface area contributed by atoms with Crippen LogP contribution in [-0.4, -0.2) is 35.8 Å². The molecule has 2 amide bonds. The topological polar surface area (TPSA) is 75.4 Å². The summed E-state index contributed by atoms with van der Waals surface area (Å²) in [5.74, 6) is -0.383. The summed E-state index contributed by atoms with van der Waals surface area (Å²) in [6, 6.07) is 9.79. The van der Waals surface area contributed by atoms with E-state index in [-0.39, 0.29) is 23.8 Å². The third-order valence-electron chi connectivity index (χ3n) is 4.51. The molecule has 1 aliphatic heterocycles. The van der Waals surface area contributed by atoms with Gasteiger partial charge in [0.05, 0.1) is 5.92 Å². The van der Waals surface area contributed by atoms with Gasteiger partial charge < -0.3 is 11.1 Å². The molecule has 2 atom stereocenters. The maximum absolute atomic E-state index is 12.7. The van der Waals surface area contributed by atoms with Crippen molar-refractivity contribution in [2.75, 3.05) is 13.1 Å². The van der Waals surface area contributed by atoms with Gasteiger partial charge in [-0.25, -0.2) is 0 Å². The molecule has 2 aliphatic rings. The molecule has 0 unspecified atom stereocenters. The van der Waals surface area contributed by atoms with Crippen LogP contribution in [0, 0.1) is 5.92 Å². The predicted octanol–water partition coefficient (Wildman–Crippen LogP) is 1.20. The van der Waals surface area contributed by atoms with Gasteiger partial charge in [0.15, 0.2) is 0 Å². The van der Waals surface area contributed by atoms with Gasteiger partial charge in [0.2, 0.25) is 11.8 Å². The zero-order valence-electron chi connectivity index (χ0n) is 12.7. The van der Waals surface area contributed by atoms with Gasteiger partial charge in [-0.05, 0) is 37.8 Å². The van der Waals surface area contributed by atoms with E-state index in [2.05, 4.69) is 10.2 Å². The number of carbonyl (C=O) groups is 2. The minimum Gasteiger partial charge on any atom is -0.369 e.